The molecule has 2 rings (SSSR count). The van der Waals surface area contributed by atoms with E-state index in [1.54, 1.807) is 0 Å². The van der Waals surface area contributed by atoms with Crippen LogP contribution >= 0.6 is 0 Å². The first-order chi connectivity index (χ1) is 7.06. The van der Waals surface area contributed by atoms with Gasteiger partial charge in [-0.05, 0) is 45.1 Å². The first-order valence-corrected chi connectivity index (χ1v) is 5.89. The van der Waals surface area contributed by atoms with Gasteiger partial charge < -0.3 is 5.32 Å². The van der Waals surface area contributed by atoms with Crippen molar-refractivity contribution in [3.8, 4) is 0 Å². The molecule has 1 nitrogen and oxygen atoms in total. The molecule has 2 atom stereocenters. The van der Waals surface area contributed by atoms with Gasteiger partial charge in [-0.1, -0.05) is 30.3 Å². The monoisotopic (exact) mass is 203 g/mol. The second-order valence-corrected chi connectivity index (χ2v) is 5.60. The minimum atomic E-state index is 0.234. The summed E-state index contributed by atoms with van der Waals surface area (Å²) in [5.41, 5.74) is 1.73. The molecular weight excluding hydrogens is 182 g/mol. The summed E-state index contributed by atoms with van der Waals surface area (Å²) in [7, 11) is 0. The van der Waals surface area contributed by atoms with E-state index in [1.165, 1.54) is 18.4 Å². The number of hydrogen-bond acceptors (Lipinski definition) is 1. The zero-order chi connectivity index (χ0) is 10.9. The fourth-order valence-corrected chi connectivity index (χ4v) is 2.33. The molecule has 0 amide bonds. The molecule has 82 valence electrons. The predicted octanol–water partition coefficient (Wildman–Crippen LogP) is 3.32. The van der Waals surface area contributed by atoms with Gasteiger partial charge in [0, 0.05) is 11.6 Å². The Labute approximate surface area is 92.9 Å². The Kier molecular flexibility index (Phi) is 2.83. The van der Waals surface area contributed by atoms with Crippen LogP contribution in [0.3, 0.4) is 0 Å². The lowest BCUT2D eigenvalue weighted by atomic mass is 9.74. The molecule has 1 aliphatic rings. The second-order valence-electron chi connectivity index (χ2n) is 5.60. The minimum Gasteiger partial charge on any atom is -0.309 e. The van der Waals surface area contributed by atoms with E-state index in [9.17, 15) is 0 Å². The van der Waals surface area contributed by atoms with Gasteiger partial charge in [-0.25, -0.2) is 0 Å². The van der Waals surface area contributed by atoms with Gasteiger partial charge in [0.1, 0.15) is 0 Å². The van der Waals surface area contributed by atoms with Crippen LogP contribution in [0.25, 0.3) is 0 Å². The van der Waals surface area contributed by atoms with Crippen molar-refractivity contribution in [1.82, 2.24) is 5.32 Å². The van der Waals surface area contributed by atoms with Crippen molar-refractivity contribution in [2.45, 2.75) is 51.1 Å². The highest BCUT2D eigenvalue weighted by atomic mass is 15.0. The molecule has 0 bridgehead atoms. The van der Waals surface area contributed by atoms with Gasteiger partial charge in [0.05, 0.1) is 0 Å². The summed E-state index contributed by atoms with van der Waals surface area (Å²) in [6.45, 7) is 6.73. The Bertz CT molecular complexity index is 310. The van der Waals surface area contributed by atoms with Gasteiger partial charge in [-0.15, -0.1) is 0 Å². The third-order valence-corrected chi connectivity index (χ3v) is 3.12. The van der Waals surface area contributed by atoms with Crippen LogP contribution in [-0.2, 0) is 0 Å². The molecule has 1 aromatic carbocycles. The van der Waals surface area contributed by atoms with Gasteiger partial charge in [-0.2, -0.15) is 0 Å². The number of hydrogen-bond donors (Lipinski definition) is 1. The van der Waals surface area contributed by atoms with Gasteiger partial charge >= 0.3 is 0 Å². The average molecular weight is 203 g/mol. The predicted molar refractivity (Wildman–Crippen MR) is 65.1 cm³/mol. The van der Waals surface area contributed by atoms with Crippen molar-refractivity contribution in [3.05, 3.63) is 35.9 Å². The molecule has 0 aromatic heterocycles. The van der Waals surface area contributed by atoms with Gasteiger partial charge in [0.25, 0.3) is 0 Å². The van der Waals surface area contributed by atoms with E-state index in [2.05, 4.69) is 56.4 Å². The molecule has 15 heavy (non-hydrogen) atoms. The minimum absolute atomic E-state index is 0.234. The fourth-order valence-electron chi connectivity index (χ4n) is 2.33. The van der Waals surface area contributed by atoms with Crippen LogP contribution < -0.4 is 5.32 Å². The third-order valence-electron chi connectivity index (χ3n) is 3.12. The van der Waals surface area contributed by atoms with Crippen molar-refractivity contribution in [2.24, 2.45) is 0 Å². The van der Waals surface area contributed by atoms with Gasteiger partial charge in [-0.3, -0.25) is 0 Å². The second kappa shape index (κ2) is 3.97. The average Bonchev–Trinajstić information content (AvgIpc) is 2.13. The van der Waals surface area contributed by atoms with E-state index in [4.69, 9.17) is 0 Å². The van der Waals surface area contributed by atoms with E-state index in [0.29, 0.717) is 6.04 Å². The molecule has 0 saturated heterocycles. The number of benzene rings is 1. The SMILES string of the molecule is CC(C)(C)N[C@@H]1CC[C@H]1c1ccccc1. The highest BCUT2D eigenvalue weighted by Crippen LogP contribution is 2.37. The summed E-state index contributed by atoms with van der Waals surface area (Å²) >= 11 is 0. The smallest absolute Gasteiger partial charge is 0.0141 e. The topological polar surface area (TPSA) is 12.0 Å². The molecule has 0 radical (unpaired) electrons. The Morgan fingerprint density at radius 2 is 1.73 bits per heavy atom. The molecule has 1 aromatic rings. The maximum atomic E-state index is 3.70. The Morgan fingerprint density at radius 3 is 2.20 bits per heavy atom. The van der Waals surface area contributed by atoms with Crippen molar-refractivity contribution in [3.63, 3.8) is 0 Å². The van der Waals surface area contributed by atoms with Gasteiger partial charge in [0.15, 0.2) is 0 Å². The third kappa shape index (κ3) is 2.60. The standard InChI is InChI=1S/C14H21N/c1-14(2,3)15-13-10-9-12(13)11-7-5-4-6-8-11/h4-8,12-13,15H,9-10H2,1-3H3/t12-,13+/m0/s1. The van der Waals surface area contributed by atoms with E-state index < -0.39 is 0 Å². The summed E-state index contributed by atoms with van der Waals surface area (Å²) in [5.74, 6) is 0.727. The summed E-state index contributed by atoms with van der Waals surface area (Å²) in [6, 6.07) is 11.5. The molecule has 1 aliphatic carbocycles. The first-order valence-electron chi connectivity index (χ1n) is 5.89. The first kappa shape index (κ1) is 10.7. The molecule has 0 spiro atoms. The highest BCUT2D eigenvalue weighted by molar-refractivity contribution is 5.24. The summed E-state index contributed by atoms with van der Waals surface area (Å²) in [6.07, 6.45) is 2.65. The van der Waals surface area contributed by atoms with Crippen LogP contribution in [0.2, 0.25) is 0 Å². The van der Waals surface area contributed by atoms with Gasteiger partial charge in [0.2, 0.25) is 0 Å². The zero-order valence-corrected chi connectivity index (χ0v) is 9.96. The maximum Gasteiger partial charge on any atom is 0.0141 e. The molecular formula is C14H21N. The van der Waals surface area contributed by atoms with Crippen LogP contribution in [0.4, 0.5) is 0 Å². The summed E-state index contributed by atoms with van der Waals surface area (Å²) in [5, 5.41) is 3.70. The van der Waals surface area contributed by atoms with Crippen molar-refractivity contribution in [2.75, 3.05) is 0 Å². The zero-order valence-electron chi connectivity index (χ0n) is 9.96. The Morgan fingerprint density at radius 1 is 1.07 bits per heavy atom. The van der Waals surface area contributed by atoms with Crippen LogP contribution in [-0.4, -0.2) is 11.6 Å². The lowest BCUT2D eigenvalue weighted by Crippen LogP contribution is -2.50. The summed E-state index contributed by atoms with van der Waals surface area (Å²) < 4.78 is 0. The summed E-state index contributed by atoms with van der Waals surface area (Å²) in [4.78, 5) is 0. The van der Waals surface area contributed by atoms with Crippen LogP contribution in [0.15, 0.2) is 30.3 Å². The van der Waals surface area contributed by atoms with Crippen molar-refractivity contribution < 1.29 is 0 Å². The molecule has 0 heterocycles. The normalized spacial score (nSPS) is 26.1. The molecule has 1 saturated carbocycles. The lowest BCUT2D eigenvalue weighted by molar-refractivity contribution is 0.228. The number of rotatable bonds is 2. The molecule has 0 unspecified atom stereocenters. The van der Waals surface area contributed by atoms with Crippen molar-refractivity contribution in [1.29, 1.82) is 0 Å². The Hall–Kier alpha value is -0.820. The van der Waals surface area contributed by atoms with Crippen LogP contribution in [0.5, 0.6) is 0 Å². The van der Waals surface area contributed by atoms with Crippen LogP contribution in [0, 0.1) is 0 Å². The molecule has 0 aliphatic heterocycles. The highest BCUT2D eigenvalue weighted by Gasteiger charge is 2.33. The molecule has 1 N–H and O–H groups in total. The largest absolute Gasteiger partial charge is 0.309 e. The lowest BCUT2D eigenvalue weighted by Gasteiger charge is -2.42. The maximum absolute atomic E-state index is 3.70. The Balaban J connectivity index is 2.01. The van der Waals surface area contributed by atoms with E-state index in [0.717, 1.165) is 5.92 Å². The quantitative estimate of drug-likeness (QED) is 0.777. The van der Waals surface area contributed by atoms with E-state index >= 15 is 0 Å². The van der Waals surface area contributed by atoms with E-state index in [-0.39, 0.29) is 5.54 Å². The molecule has 1 fully saturated rings. The fraction of sp³-hybridized carbons (Fsp3) is 0.571. The van der Waals surface area contributed by atoms with E-state index in [1.807, 2.05) is 0 Å². The molecule has 1 heteroatoms. The van der Waals surface area contributed by atoms with Crippen LogP contribution in [0.1, 0.15) is 45.1 Å². The number of nitrogens with one attached hydrogen (secondary N) is 1. The van der Waals surface area contributed by atoms with Crippen molar-refractivity contribution >= 4 is 0 Å².